The number of carbonyl (C=O) groups is 1. The molecule has 1 fully saturated rings. The first kappa shape index (κ1) is 12.5. The standard InChI is InChI=1S/C12H13F3N2O2/c1-2-19-9(18)5-17-10-7-3-6(7)4-8(10)11(16-17)12(13,14)15/h6-7H,2-5H2,1H3. The lowest BCUT2D eigenvalue weighted by Crippen LogP contribution is -2.17. The molecule has 1 aromatic rings. The van der Waals surface area contributed by atoms with Crippen LogP contribution in [0.1, 0.15) is 36.2 Å². The first-order chi connectivity index (χ1) is 8.91. The minimum absolute atomic E-state index is 0.146. The summed E-state index contributed by atoms with van der Waals surface area (Å²) < 4.78 is 44.6. The molecular formula is C12H13F3N2O2. The number of hydrogen-bond donors (Lipinski definition) is 0. The number of alkyl halides is 3. The van der Waals surface area contributed by atoms with E-state index in [9.17, 15) is 18.0 Å². The summed E-state index contributed by atoms with van der Waals surface area (Å²) in [5.41, 5.74) is 0.0300. The number of carbonyl (C=O) groups excluding carboxylic acids is 1. The average Bonchev–Trinajstić information content (AvgIpc) is 2.80. The van der Waals surface area contributed by atoms with Gasteiger partial charge in [0, 0.05) is 17.2 Å². The molecule has 0 N–H and O–H groups in total. The Hall–Kier alpha value is -1.53. The minimum atomic E-state index is -4.46. The Kier molecular flexibility index (Phi) is 2.62. The number of rotatable bonds is 3. The van der Waals surface area contributed by atoms with Crippen LogP contribution in [-0.2, 0) is 28.7 Å². The van der Waals surface area contributed by atoms with Crippen molar-refractivity contribution in [2.24, 2.45) is 5.92 Å². The summed E-state index contributed by atoms with van der Waals surface area (Å²) in [6.07, 6.45) is -3.13. The number of ether oxygens (including phenoxy) is 1. The van der Waals surface area contributed by atoms with E-state index in [1.165, 1.54) is 4.68 Å². The van der Waals surface area contributed by atoms with Crippen LogP contribution in [0.2, 0.25) is 0 Å². The third-order valence-corrected chi connectivity index (χ3v) is 3.69. The normalized spacial score (nSPS) is 24.0. The minimum Gasteiger partial charge on any atom is -0.465 e. The lowest BCUT2D eigenvalue weighted by molar-refractivity contribution is -0.146. The molecule has 0 saturated heterocycles. The zero-order valence-corrected chi connectivity index (χ0v) is 10.3. The lowest BCUT2D eigenvalue weighted by atomic mass is 10.1. The monoisotopic (exact) mass is 274 g/mol. The third kappa shape index (κ3) is 2.01. The van der Waals surface area contributed by atoms with Crippen molar-refractivity contribution in [2.45, 2.75) is 38.4 Å². The molecule has 3 rings (SSSR count). The Morgan fingerprint density at radius 2 is 2.26 bits per heavy atom. The highest BCUT2D eigenvalue weighted by molar-refractivity contribution is 5.69. The summed E-state index contributed by atoms with van der Waals surface area (Å²) in [6.45, 7) is 1.62. The van der Waals surface area contributed by atoms with Crippen LogP contribution in [0.3, 0.4) is 0 Å². The van der Waals surface area contributed by atoms with Crippen LogP contribution in [0.25, 0.3) is 0 Å². The Morgan fingerprint density at radius 3 is 2.89 bits per heavy atom. The molecule has 19 heavy (non-hydrogen) atoms. The summed E-state index contributed by atoms with van der Waals surface area (Å²) in [5.74, 6) is -0.0961. The van der Waals surface area contributed by atoms with E-state index in [0.29, 0.717) is 18.0 Å². The predicted octanol–water partition coefficient (Wildman–Crippen LogP) is 2.12. The van der Waals surface area contributed by atoms with Crippen molar-refractivity contribution in [2.75, 3.05) is 6.61 Å². The van der Waals surface area contributed by atoms with Crippen LogP contribution < -0.4 is 0 Å². The van der Waals surface area contributed by atoms with Gasteiger partial charge in [-0.25, -0.2) is 0 Å². The molecule has 0 aliphatic heterocycles. The fourth-order valence-electron chi connectivity index (χ4n) is 2.88. The van der Waals surface area contributed by atoms with E-state index in [2.05, 4.69) is 5.10 Å². The zero-order valence-electron chi connectivity index (χ0n) is 10.3. The molecule has 1 heterocycles. The largest absolute Gasteiger partial charge is 0.465 e. The van der Waals surface area contributed by atoms with E-state index >= 15 is 0 Å². The molecule has 2 unspecified atom stereocenters. The van der Waals surface area contributed by atoms with E-state index in [4.69, 9.17) is 4.74 Å². The van der Waals surface area contributed by atoms with E-state index in [-0.39, 0.29) is 24.6 Å². The number of nitrogens with zero attached hydrogens (tertiary/aromatic N) is 2. The molecule has 0 radical (unpaired) electrons. The average molecular weight is 274 g/mol. The SMILES string of the molecule is CCOC(=O)Cn1nc(C(F)(F)F)c2c1C1CC1C2. The zero-order chi connectivity index (χ0) is 13.8. The van der Waals surface area contributed by atoms with Crippen LogP contribution in [0.5, 0.6) is 0 Å². The highest BCUT2D eigenvalue weighted by Crippen LogP contribution is 2.58. The summed E-state index contributed by atoms with van der Waals surface area (Å²) >= 11 is 0. The Morgan fingerprint density at radius 1 is 1.53 bits per heavy atom. The van der Waals surface area contributed by atoms with Gasteiger partial charge in [0.2, 0.25) is 0 Å². The van der Waals surface area contributed by atoms with Gasteiger partial charge in [-0.05, 0) is 25.7 Å². The summed E-state index contributed by atoms with van der Waals surface area (Å²) in [6, 6.07) is 0. The van der Waals surface area contributed by atoms with Crippen molar-refractivity contribution in [3.8, 4) is 0 Å². The van der Waals surface area contributed by atoms with Crippen molar-refractivity contribution >= 4 is 5.97 Å². The summed E-state index contributed by atoms with van der Waals surface area (Å²) in [5, 5.41) is 3.59. The fraction of sp³-hybridized carbons (Fsp3) is 0.667. The second-order valence-corrected chi connectivity index (χ2v) is 4.98. The topological polar surface area (TPSA) is 44.1 Å². The van der Waals surface area contributed by atoms with Crippen LogP contribution >= 0.6 is 0 Å². The number of fused-ring (bicyclic) bond motifs is 3. The first-order valence-electron chi connectivity index (χ1n) is 6.24. The predicted molar refractivity (Wildman–Crippen MR) is 58.4 cm³/mol. The number of aromatic nitrogens is 2. The highest BCUT2D eigenvalue weighted by atomic mass is 19.4. The van der Waals surface area contributed by atoms with Gasteiger partial charge in [-0.1, -0.05) is 0 Å². The Bertz CT molecular complexity index is 536. The maximum Gasteiger partial charge on any atom is 0.435 e. The van der Waals surface area contributed by atoms with E-state index in [1.807, 2.05) is 0 Å². The maximum absolute atomic E-state index is 12.9. The van der Waals surface area contributed by atoms with Gasteiger partial charge in [-0.2, -0.15) is 18.3 Å². The number of esters is 1. The highest BCUT2D eigenvalue weighted by Gasteiger charge is 2.52. The molecule has 1 saturated carbocycles. The molecule has 2 aliphatic rings. The molecule has 2 aliphatic carbocycles. The molecular weight excluding hydrogens is 261 g/mol. The van der Waals surface area contributed by atoms with E-state index in [1.54, 1.807) is 6.92 Å². The molecule has 0 amide bonds. The van der Waals surface area contributed by atoms with E-state index in [0.717, 1.165) is 6.42 Å². The van der Waals surface area contributed by atoms with Crippen LogP contribution in [0.4, 0.5) is 13.2 Å². The van der Waals surface area contributed by atoms with Gasteiger partial charge >= 0.3 is 12.1 Å². The molecule has 1 aromatic heterocycles. The molecule has 0 bridgehead atoms. The van der Waals surface area contributed by atoms with Crippen molar-refractivity contribution < 1.29 is 22.7 Å². The third-order valence-electron chi connectivity index (χ3n) is 3.69. The number of hydrogen-bond acceptors (Lipinski definition) is 3. The molecule has 4 nitrogen and oxygen atoms in total. The number of halogens is 3. The van der Waals surface area contributed by atoms with Gasteiger partial charge in [-0.3, -0.25) is 9.48 Å². The van der Waals surface area contributed by atoms with Gasteiger partial charge < -0.3 is 4.74 Å². The van der Waals surface area contributed by atoms with Gasteiger partial charge in [-0.15, -0.1) is 0 Å². The molecule has 2 atom stereocenters. The summed E-state index contributed by atoms with van der Waals surface area (Å²) in [4.78, 5) is 11.4. The van der Waals surface area contributed by atoms with Crippen molar-refractivity contribution in [3.63, 3.8) is 0 Å². The Labute approximate surface area is 107 Å². The van der Waals surface area contributed by atoms with Gasteiger partial charge in [0.1, 0.15) is 6.54 Å². The van der Waals surface area contributed by atoms with Gasteiger partial charge in [0.25, 0.3) is 0 Å². The van der Waals surface area contributed by atoms with Gasteiger partial charge in [0.05, 0.1) is 6.61 Å². The lowest BCUT2D eigenvalue weighted by Gasteiger charge is -2.05. The van der Waals surface area contributed by atoms with Gasteiger partial charge in [0.15, 0.2) is 5.69 Å². The second kappa shape index (κ2) is 3.98. The van der Waals surface area contributed by atoms with Crippen molar-refractivity contribution in [1.29, 1.82) is 0 Å². The maximum atomic E-state index is 12.9. The second-order valence-electron chi connectivity index (χ2n) is 4.98. The molecule has 0 spiro atoms. The van der Waals surface area contributed by atoms with Crippen molar-refractivity contribution in [3.05, 3.63) is 17.0 Å². The molecule has 104 valence electrons. The fourth-order valence-corrected chi connectivity index (χ4v) is 2.88. The smallest absolute Gasteiger partial charge is 0.435 e. The quantitative estimate of drug-likeness (QED) is 0.793. The first-order valence-corrected chi connectivity index (χ1v) is 6.24. The Balaban J connectivity index is 1.95. The van der Waals surface area contributed by atoms with Crippen LogP contribution in [0, 0.1) is 5.92 Å². The van der Waals surface area contributed by atoms with Crippen LogP contribution in [0.15, 0.2) is 0 Å². The van der Waals surface area contributed by atoms with Crippen molar-refractivity contribution in [1.82, 2.24) is 9.78 Å². The molecule has 0 aromatic carbocycles. The summed E-state index contributed by atoms with van der Waals surface area (Å²) in [7, 11) is 0. The van der Waals surface area contributed by atoms with Crippen LogP contribution in [-0.4, -0.2) is 22.4 Å². The van der Waals surface area contributed by atoms with E-state index < -0.39 is 17.8 Å². The molecule has 7 heteroatoms.